The van der Waals surface area contributed by atoms with Gasteiger partial charge in [-0.05, 0) is 31.4 Å². The first-order valence-corrected chi connectivity index (χ1v) is 11.8. The van der Waals surface area contributed by atoms with Crippen molar-refractivity contribution in [2.24, 2.45) is 0 Å². The molecule has 1 saturated heterocycles. The number of rotatable bonds is 5. The van der Waals surface area contributed by atoms with Crippen molar-refractivity contribution in [1.82, 2.24) is 29.5 Å². The van der Waals surface area contributed by atoms with Gasteiger partial charge in [-0.15, -0.1) is 0 Å². The first-order chi connectivity index (χ1) is 17.0. The molecule has 1 amide bonds. The van der Waals surface area contributed by atoms with Crippen LogP contribution >= 0.6 is 0 Å². The van der Waals surface area contributed by atoms with Crippen LogP contribution in [0.1, 0.15) is 35.7 Å². The maximum atomic E-state index is 13.7. The molecule has 0 radical (unpaired) electrons. The molecule has 4 aromatic heterocycles. The van der Waals surface area contributed by atoms with Gasteiger partial charge < -0.3 is 25.0 Å². The molecule has 35 heavy (non-hydrogen) atoms. The summed E-state index contributed by atoms with van der Waals surface area (Å²) in [6, 6.07) is 5.04. The molecule has 10 nitrogen and oxygen atoms in total. The molecular weight excluding hydrogens is 453 g/mol. The number of nitrogens with zero attached hydrogens (tertiary/aromatic N) is 5. The Kier molecular flexibility index (Phi) is 5.37. The number of nitrogens with one attached hydrogen (secondary N) is 2. The molecule has 0 aromatic carbocycles. The Balaban J connectivity index is 1.47. The average molecular weight is 480 g/mol. The maximum Gasteiger partial charge on any atom is 0.257 e. The molecule has 2 aliphatic rings. The third kappa shape index (κ3) is 3.62. The van der Waals surface area contributed by atoms with Crippen LogP contribution in [0.25, 0.3) is 27.9 Å². The van der Waals surface area contributed by atoms with Crippen LogP contribution in [0.2, 0.25) is 0 Å². The van der Waals surface area contributed by atoms with Crippen molar-refractivity contribution < 1.29 is 19.0 Å². The lowest BCUT2D eigenvalue weighted by Crippen LogP contribution is -2.48. The minimum absolute atomic E-state index is 0.171. The minimum atomic E-state index is -1.02. The van der Waals surface area contributed by atoms with E-state index in [1.807, 2.05) is 29.0 Å². The number of hydrogen-bond acceptors (Lipinski definition) is 7. The van der Waals surface area contributed by atoms with Crippen molar-refractivity contribution in [3.63, 3.8) is 0 Å². The van der Waals surface area contributed by atoms with Gasteiger partial charge in [0, 0.05) is 43.1 Å². The number of aliphatic hydroxyl groups is 1. The van der Waals surface area contributed by atoms with Crippen molar-refractivity contribution >= 4 is 28.4 Å². The topological polar surface area (TPSA) is 119 Å². The lowest BCUT2D eigenvalue weighted by atomic mass is 9.90. The van der Waals surface area contributed by atoms with Crippen LogP contribution in [-0.2, 0) is 4.74 Å². The molecule has 2 fully saturated rings. The Morgan fingerprint density at radius 2 is 2.17 bits per heavy atom. The first-order valence-electron chi connectivity index (χ1n) is 11.8. The average Bonchev–Trinajstić information content (AvgIpc) is 3.48. The number of halogens is 1. The summed E-state index contributed by atoms with van der Waals surface area (Å²) in [5.74, 6) is 0.250. The molecular formula is C24H26FN7O3. The zero-order valence-corrected chi connectivity index (χ0v) is 19.2. The number of carbonyl (C=O) groups is 1. The van der Waals surface area contributed by atoms with E-state index in [-0.39, 0.29) is 18.2 Å². The molecule has 1 aliphatic heterocycles. The lowest BCUT2D eigenvalue weighted by molar-refractivity contribution is -0.0375. The number of alkyl halides is 1. The minimum Gasteiger partial charge on any atom is -0.389 e. The monoisotopic (exact) mass is 479 g/mol. The summed E-state index contributed by atoms with van der Waals surface area (Å²) in [4.78, 5) is 22.3. The molecule has 1 saturated carbocycles. The smallest absolute Gasteiger partial charge is 0.257 e. The van der Waals surface area contributed by atoms with Crippen LogP contribution in [0, 0.1) is 0 Å². The Morgan fingerprint density at radius 1 is 1.29 bits per heavy atom. The number of pyridine rings is 1. The molecule has 0 spiro atoms. The highest BCUT2D eigenvalue weighted by atomic mass is 19.1. The van der Waals surface area contributed by atoms with E-state index in [2.05, 4.69) is 20.7 Å². The van der Waals surface area contributed by atoms with Crippen molar-refractivity contribution in [1.29, 1.82) is 0 Å². The predicted octanol–water partition coefficient (Wildman–Crippen LogP) is 2.34. The highest BCUT2D eigenvalue weighted by Crippen LogP contribution is 2.35. The summed E-state index contributed by atoms with van der Waals surface area (Å²) in [6.07, 6.45) is 5.22. The molecule has 1 unspecified atom stereocenters. The molecule has 4 aromatic rings. The van der Waals surface area contributed by atoms with Gasteiger partial charge in [0.2, 0.25) is 0 Å². The van der Waals surface area contributed by atoms with Gasteiger partial charge in [-0.2, -0.15) is 9.61 Å². The standard InChI is InChI=1S/C24H26FN7O3/c1-26-21-9-18(29-23-14(10-28-32(21)23)24(34)30-17-5-4-16(17)25)15-11-31(19-6-8-35-12-20(19)33)22-13(15)3-2-7-27-22/h2-3,7,9-11,16-17,19-20,26,33H,4-6,8,12H2,1H3,(H,30,34)/t16-,17?,19+,20+/m1/s1. The first kappa shape index (κ1) is 21.9. The SMILES string of the molecule is CNc1cc(-c2cn([C@H]3CCOC[C@@H]3O)c3ncccc23)nc2c(C(=O)NC3CC[C@H]3F)cnn12. The van der Waals surface area contributed by atoms with Crippen molar-refractivity contribution in [2.75, 3.05) is 25.6 Å². The summed E-state index contributed by atoms with van der Waals surface area (Å²) in [7, 11) is 1.77. The molecule has 5 heterocycles. The number of fused-ring (bicyclic) bond motifs is 2. The summed E-state index contributed by atoms with van der Waals surface area (Å²) in [5.41, 5.74) is 2.84. The fourth-order valence-corrected chi connectivity index (χ4v) is 4.88. The van der Waals surface area contributed by atoms with E-state index in [0.717, 1.165) is 16.6 Å². The lowest BCUT2D eigenvalue weighted by Gasteiger charge is -2.30. The quantitative estimate of drug-likeness (QED) is 0.402. The zero-order chi connectivity index (χ0) is 24.1. The molecule has 0 bridgehead atoms. The van der Waals surface area contributed by atoms with Gasteiger partial charge in [0.05, 0.1) is 36.7 Å². The summed E-state index contributed by atoms with van der Waals surface area (Å²) < 4.78 is 22.7. The fourth-order valence-electron chi connectivity index (χ4n) is 4.88. The highest BCUT2D eigenvalue weighted by Gasteiger charge is 2.33. The normalized spacial score (nSPS) is 24.4. The van der Waals surface area contributed by atoms with E-state index < -0.39 is 24.2 Å². The molecule has 1 aliphatic carbocycles. The van der Waals surface area contributed by atoms with Crippen LogP contribution < -0.4 is 10.6 Å². The Labute approximate surface area is 200 Å². The van der Waals surface area contributed by atoms with E-state index in [1.165, 1.54) is 6.20 Å². The second-order valence-corrected chi connectivity index (χ2v) is 9.07. The summed E-state index contributed by atoms with van der Waals surface area (Å²) in [5, 5.41) is 21.7. The van der Waals surface area contributed by atoms with Gasteiger partial charge in [0.15, 0.2) is 5.65 Å². The van der Waals surface area contributed by atoms with E-state index in [9.17, 15) is 14.3 Å². The third-order valence-corrected chi connectivity index (χ3v) is 6.99. The van der Waals surface area contributed by atoms with Gasteiger partial charge in [0.1, 0.15) is 23.2 Å². The van der Waals surface area contributed by atoms with Gasteiger partial charge in [-0.25, -0.2) is 14.4 Å². The van der Waals surface area contributed by atoms with Crippen LogP contribution in [0.5, 0.6) is 0 Å². The van der Waals surface area contributed by atoms with Crippen LogP contribution in [0.3, 0.4) is 0 Å². The summed E-state index contributed by atoms with van der Waals surface area (Å²) in [6.45, 7) is 0.836. The molecule has 11 heteroatoms. The summed E-state index contributed by atoms with van der Waals surface area (Å²) >= 11 is 0. The van der Waals surface area contributed by atoms with Crippen molar-refractivity contribution in [3.05, 3.63) is 42.4 Å². The molecule has 3 N–H and O–H groups in total. The number of hydrogen-bond donors (Lipinski definition) is 3. The Hall–Kier alpha value is -3.57. The molecule has 4 atom stereocenters. The predicted molar refractivity (Wildman–Crippen MR) is 127 cm³/mol. The number of amides is 1. The highest BCUT2D eigenvalue weighted by molar-refractivity contribution is 6.01. The van der Waals surface area contributed by atoms with Crippen molar-refractivity contribution in [2.45, 2.75) is 43.6 Å². The van der Waals surface area contributed by atoms with Gasteiger partial charge in [0.25, 0.3) is 5.91 Å². The Bertz CT molecular complexity index is 1420. The van der Waals surface area contributed by atoms with Crippen LogP contribution in [-0.4, -0.2) is 73.7 Å². The van der Waals surface area contributed by atoms with Crippen LogP contribution in [0.15, 0.2) is 36.8 Å². The van der Waals surface area contributed by atoms with Gasteiger partial charge >= 0.3 is 0 Å². The number of ether oxygens (including phenoxy) is 1. The van der Waals surface area contributed by atoms with Crippen LogP contribution in [0.4, 0.5) is 10.2 Å². The van der Waals surface area contributed by atoms with E-state index in [1.54, 1.807) is 17.8 Å². The second kappa shape index (κ2) is 8.58. The van der Waals surface area contributed by atoms with E-state index >= 15 is 0 Å². The molecule has 6 rings (SSSR count). The van der Waals surface area contributed by atoms with Gasteiger partial charge in [-0.1, -0.05) is 0 Å². The largest absolute Gasteiger partial charge is 0.389 e. The van der Waals surface area contributed by atoms with Gasteiger partial charge in [-0.3, -0.25) is 4.79 Å². The van der Waals surface area contributed by atoms with Crippen molar-refractivity contribution in [3.8, 4) is 11.3 Å². The van der Waals surface area contributed by atoms with E-state index in [0.29, 0.717) is 43.0 Å². The molecule has 182 valence electrons. The number of carbonyl (C=O) groups excluding carboxylic acids is 1. The number of aliphatic hydroxyl groups excluding tert-OH is 1. The zero-order valence-electron chi connectivity index (χ0n) is 19.2. The number of aromatic nitrogens is 5. The number of anilines is 1. The maximum absolute atomic E-state index is 13.7. The van der Waals surface area contributed by atoms with E-state index in [4.69, 9.17) is 9.72 Å². The third-order valence-electron chi connectivity index (χ3n) is 6.99. The Morgan fingerprint density at radius 3 is 2.91 bits per heavy atom. The second-order valence-electron chi connectivity index (χ2n) is 9.07. The fraction of sp³-hybridized carbons (Fsp3) is 0.417.